The number of benzene rings is 2. The molecule has 3 aromatic rings. The van der Waals surface area contributed by atoms with Crippen LogP contribution in [0.2, 0.25) is 0 Å². The molecule has 2 fully saturated rings. The minimum Gasteiger partial charge on any atom is -0.343 e. The molecule has 1 saturated heterocycles. The van der Waals surface area contributed by atoms with Gasteiger partial charge in [-0.25, -0.2) is 13.6 Å². The molecule has 8 nitrogen and oxygen atoms in total. The van der Waals surface area contributed by atoms with Crippen molar-refractivity contribution in [1.29, 1.82) is 0 Å². The van der Waals surface area contributed by atoms with Crippen molar-refractivity contribution >= 4 is 11.8 Å². The van der Waals surface area contributed by atoms with Gasteiger partial charge in [-0.2, -0.15) is 0 Å². The lowest BCUT2D eigenvalue weighted by Crippen LogP contribution is -2.47. The van der Waals surface area contributed by atoms with Crippen molar-refractivity contribution in [3.8, 4) is 0 Å². The summed E-state index contributed by atoms with van der Waals surface area (Å²) in [6, 6.07) is 12.4. The highest BCUT2D eigenvalue weighted by Gasteiger charge is 2.41. The van der Waals surface area contributed by atoms with Crippen LogP contribution in [0.1, 0.15) is 53.7 Å². The fraction of sp³-hybridized carbons (Fsp3) is 0.385. The van der Waals surface area contributed by atoms with E-state index in [2.05, 4.69) is 15.0 Å². The van der Waals surface area contributed by atoms with E-state index in [0.717, 1.165) is 27.9 Å². The molecule has 2 aliphatic rings. The molecule has 0 bridgehead atoms. The number of aromatic nitrogens is 2. The van der Waals surface area contributed by atoms with E-state index in [1.54, 1.807) is 12.1 Å². The van der Waals surface area contributed by atoms with E-state index in [9.17, 15) is 23.2 Å². The van der Waals surface area contributed by atoms with E-state index in [4.69, 9.17) is 0 Å². The van der Waals surface area contributed by atoms with Crippen molar-refractivity contribution in [3.63, 3.8) is 0 Å². The molecule has 10 heteroatoms. The zero-order valence-electron chi connectivity index (χ0n) is 19.7. The van der Waals surface area contributed by atoms with E-state index >= 15 is 0 Å². The Balaban J connectivity index is 1.38. The normalized spacial score (nSPS) is 20.4. The zero-order valence-corrected chi connectivity index (χ0v) is 19.7. The average molecular weight is 497 g/mol. The lowest BCUT2D eigenvalue weighted by atomic mass is 9.96. The molecule has 2 aromatic carbocycles. The van der Waals surface area contributed by atoms with E-state index < -0.39 is 35.8 Å². The topological polar surface area (TPSA) is 97.4 Å². The second-order valence-corrected chi connectivity index (χ2v) is 9.40. The standard InChI is InChI=1S/C26H26F2N4O4/c1-31-22(30-36-26(31)35)13-23(33)32-14-18(27)12-21(32)25(34)29-24(16-5-3-2-4-6-16)17-9-10-19(15-7-8-15)20(28)11-17/h2-6,9-11,15,18,21,24H,7-8,12-14H2,1H3,(H,29,34)/t18-,21+,24+/m1/s1. The smallest absolute Gasteiger partial charge is 0.343 e. The molecule has 2 heterocycles. The fourth-order valence-electron chi connectivity index (χ4n) is 4.71. The van der Waals surface area contributed by atoms with Gasteiger partial charge in [0.15, 0.2) is 5.82 Å². The summed E-state index contributed by atoms with van der Waals surface area (Å²) in [4.78, 5) is 39.0. The molecule has 1 aliphatic heterocycles. The molecule has 2 amide bonds. The van der Waals surface area contributed by atoms with Gasteiger partial charge in [-0.1, -0.05) is 47.6 Å². The molecule has 188 valence electrons. The molecule has 0 unspecified atom stereocenters. The summed E-state index contributed by atoms with van der Waals surface area (Å²) in [5.41, 5.74) is 1.96. The van der Waals surface area contributed by atoms with Crippen molar-refractivity contribution in [2.24, 2.45) is 7.05 Å². The van der Waals surface area contributed by atoms with Crippen LogP contribution < -0.4 is 11.1 Å². The molecule has 36 heavy (non-hydrogen) atoms. The summed E-state index contributed by atoms with van der Waals surface area (Å²) in [5, 5.41) is 6.49. The third-order valence-corrected chi connectivity index (χ3v) is 6.87. The molecular weight excluding hydrogens is 470 g/mol. The lowest BCUT2D eigenvalue weighted by molar-refractivity contribution is -0.138. The lowest BCUT2D eigenvalue weighted by Gasteiger charge is -2.27. The molecule has 1 aliphatic carbocycles. The molecule has 0 radical (unpaired) electrons. The zero-order chi connectivity index (χ0) is 25.4. The maximum absolute atomic E-state index is 14.9. The van der Waals surface area contributed by atoms with Gasteiger partial charge < -0.3 is 10.2 Å². The molecule has 1 aromatic heterocycles. The van der Waals surface area contributed by atoms with Gasteiger partial charge in [-0.05, 0) is 41.5 Å². The first kappa shape index (κ1) is 23.9. The van der Waals surface area contributed by atoms with E-state index in [-0.39, 0.29) is 36.9 Å². The summed E-state index contributed by atoms with van der Waals surface area (Å²) in [6.07, 6.45) is 0.0815. The molecule has 3 atom stereocenters. The van der Waals surface area contributed by atoms with Crippen molar-refractivity contribution in [1.82, 2.24) is 19.9 Å². The summed E-state index contributed by atoms with van der Waals surface area (Å²) in [5.74, 6) is -1.80. The summed E-state index contributed by atoms with van der Waals surface area (Å²) < 4.78 is 34.9. The highest BCUT2D eigenvalue weighted by Crippen LogP contribution is 2.42. The summed E-state index contributed by atoms with van der Waals surface area (Å²) >= 11 is 0. The second kappa shape index (κ2) is 9.67. The Kier molecular flexibility index (Phi) is 6.42. The first-order valence-electron chi connectivity index (χ1n) is 11.9. The number of rotatable bonds is 7. The molecule has 1 N–H and O–H groups in total. The van der Waals surface area contributed by atoms with Gasteiger partial charge in [0.05, 0.1) is 19.0 Å². The van der Waals surface area contributed by atoms with Gasteiger partial charge in [0.2, 0.25) is 11.8 Å². The molecular formula is C26H26F2N4O4. The van der Waals surface area contributed by atoms with Crippen LogP contribution in [0.15, 0.2) is 57.8 Å². The first-order chi connectivity index (χ1) is 17.3. The van der Waals surface area contributed by atoms with Crippen LogP contribution in [0.3, 0.4) is 0 Å². The summed E-state index contributed by atoms with van der Waals surface area (Å²) in [7, 11) is 1.41. The Morgan fingerprint density at radius 2 is 1.92 bits per heavy atom. The number of carbonyl (C=O) groups is 2. The number of amides is 2. The number of hydrogen-bond donors (Lipinski definition) is 1. The average Bonchev–Trinajstić information content (AvgIpc) is 3.57. The van der Waals surface area contributed by atoms with E-state index in [1.807, 2.05) is 30.3 Å². The van der Waals surface area contributed by atoms with Crippen LogP contribution in [0, 0.1) is 5.82 Å². The number of nitrogens with zero attached hydrogens (tertiary/aromatic N) is 3. The van der Waals surface area contributed by atoms with Gasteiger partial charge in [0.1, 0.15) is 18.0 Å². The maximum atomic E-state index is 14.9. The predicted molar refractivity (Wildman–Crippen MR) is 125 cm³/mol. The van der Waals surface area contributed by atoms with Crippen molar-refractivity contribution < 1.29 is 22.9 Å². The van der Waals surface area contributed by atoms with Crippen molar-refractivity contribution in [3.05, 3.63) is 87.4 Å². The number of halogens is 2. The first-order valence-corrected chi connectivity index (χ1v) is 11.9. The van der Waals surface area contributed by atoms with Gasteiger partial charge in [-0.3, -0.25) is 18.7 Å². The Labute approximate surface area is 205 Å². The predicted octanol–water partition coefficient (Wildman–Crippen LogP) is 2.78. The van der Waals surface area contributed by atoms with E-state index in [0.29, 0.717) is 11.1 Å². The van der Waals surface area contributed by atoms with Crippen LogP contribution in [-0.4, -0.2) is 45.2 Å². The minimum atomic E-state index is -1.38. The Morgan fingerprint density at radius 3 is 2.56 bits per heavy atom. The number of carbonyl (C=O) groups excluding carboxylic acids is 2. The fourth-order valence-corrected chi connectivity index (χ4v) is 4.71. The van der Waals surface area contributed by atoms with Crippen LogP contribution in [0.4, 0.5) is 8.78 Å². The number of nitrogens with one attached hydrogen (secondary N) is 1. The summed E-state index contributed by atoms with van der Waals surface area (Å²) in [6.45, 7) is -0.247. The van der Waals surface area contributed by atoms with Gasteiger partial charge >= 0.3 is 5.76 Å². The van der Waals surface area contributed by atoms with Crippen LogP contribution in [-0.2, 0) is 23.1 Å². The quantitative estimate of drug-likeness (QED) is 0.543. The highest BCUT2D eigenvalue weighted by atomic mass is 19.1. The largest absolute Gasteiger partial charge is 0.441 e. The van der Waals surface area contributed by atoms with Crippen LogP contribution in [0.25, 0.3) is 0 Å². The SMILES string of the molecule is Cn1c(CC(=O)N2C[C@H](F)C[C@H]2C(=O)N[C@@H](c2ccccc2)c2ccc(C3CC3)c(F)c2)noc1=O. The monoisotopic (exact) mass is 496 g/mol. The van der Waals surface area contributed by atoms with Crippen LogP contribution in [0.5, 0.6) is 0 Å². The highest BCUT2D eigenvalue weighted by molar-refractivity contribution is 5.89. The Hall–Kier alpha value is -3.82. The maximum Gasteiger partial charge on any atom is 0.441 e. The van der Waals surface area contributed by atoms with E-state index in [1.165, 1.54) is 13.1 Å². The Morgan fingerprint density at radius 1 is 1.17 bits per heavy atom. The third kappa shape index (κ3) is 4.80. The van der Waals surface area contributed by atoms with Gasteiger partial charge in [0.25, 0.3) is 0 Å². The molecule has 5 rings (SSSR count). The molecule has 1 saturated carbocycles. The van der Waals surface area contributed by atoms with Crippen LogP contribution >= 0.6 is 0 Å². The molecule has 0 spiro atoms. The Bertz CT molecular complexity index is 1340. The minimum absolute atomic E-state index is 0.0832. The number of alkyl halides is 1. The third-order valence-electron chi connectivity index (χ3n) is 6.87. The second-order valence-electron chi connectivity index (χ2n) is 9.40. The van der Waals surface area contributed by atoms with Crippen molar-refractivity contribution in [2.75, 3.05) is 6.54 Å². The number of hydrogen-bond acceptors (Lipinski definition) is 5. The number of likely N-dealkylation sites (tertiary alicyclic amines) is 1. The van der Waals surface area contributed by atoms with Gasteiger partial charge in [-0.15, -0.1) is 0 Å². The van der Waals surface area contributed by atoms with Crippen molar-refractivity contribution in [2.45, 2.75) is 49.9 Å². The van der Waals surface area contributed by atoms with Gasteiger partial charge in [0, 0.05) is 13.5 Å².